The molecule has 0 saturated carbocycles. The van der Waals surface area contributed by atoms with E-state index in [-0.39, 0.29) is 10.9 Å². The minimum atomic E-state index is -4.85. The summed E-state index contributed by atoms with van der Waals surface area (Å²) in [5, 5.41) is 24.2. The van der Waals surface area contributed by atoms with Gasteiger partial charge in [0, 0.05) is 6.54 Å². The number of imidazole rings is 1. The lowest BCUT2D eigenvalue weighted by Gasteiger charge is -2.24. The fourth-order valence-corrected chi connectivity index (χ4v) is 6.80. The number of benzene rings is 1. The van der Waals surface area contributed by atoms with E-state index in [0.29, 0.717) is 17.9 Å². The summed E-state index contributed by atoms with van der Waals surface area (Å²) in [5.41, 5.74) is 1.48. The van der Waals surface area contributed by atoms with Crippen molar-refractivity contribution in [1.82, 2.24) is 19.5 Å². The topological polar surface area (TPSA) is 209 Å². The number of aliphatic hydroxyl groups excluding tert-OH is 2. The van der Waals surface area contributed by atoms with Gasteiger partial charge in [0.15, 0.2) is 29.1 Å². The third-order valence-electron chi connectivity index (χ3n) is 5.40. The van der Waals surface area contributed by atoms with E-state index in [1.54, 1.807) is 0 Å². The summed E-state index contributed by atoms with van der Waals surface area (Å²) >= 11 is 6.11. The molecule has 196 valence electrons. The van der Waals surface area contributed by atoms with Crippen LogP contribution >= 0.6 is 26.8 Å². The van der Waals surface area contributed by atoms with Gasteiger partial charge in [0.2, 0.25) is 5.28 Å². The van der Waals surface area contributed by atoms with Crippen molar-refractivity contribution in [2.75, 3.05) is 11.2 Å². The molecule has 4 rings (SSSR count). The molecule has 1 fully saturated rings. The third-order valence-corrected chi connectivity index (χ3v) is 9.14. The van der Waals surface area contributed by atoms with E-state index >= 15 is 0 Å². The van der Waals surface area contributed by atoms with Crippen LogP contribution in [0.5, 0.6) is 0 Å². The molecule has 6 N–H and O–H groups in total. The number of aliphatic hydroxyl groups is 2. The van der Waals surface area contributed by atoms with Gasteiger partial charge < -0.3 is 39.5 Å². The van der Waals surface area contributed by atoms with Gasteiger partial charge in [-0.05, 0) is 24.1 Å². The Labute approximate surface area is 209 Å². The number of ether oxygens (including phenoxy) is 1. The Hall–Kier alpha value is -1.96. The fourth-order valence-electron chi connectivity index (χ4n) is 3.87. The van der Waals surface area contributed by atoms with E-state index in [4.69, 9.17) is 30.6 Å². The molecule has 36 heavy (non-hydrogen) atoms. The van der Waals surface area contributed by atoms with Crippen molar-refractivity contribution in [3.63, 3.8) is 0 Å². The quantitative estimate of drug-likeness (QED) is 0.161. The Morgan fingerprint density at radius 1 is 1.17 bits per heavy atom. The van der Waals surface area contributed by atoms with E-state index in [2.05, 4.69) is 20.3 Å². The van der Waals surface area contributed by atoms with Gasteiger partial charge in [0.1, 0.15) is 18.3 Å². The Balaban J connectivity index is 1.56. The molecule has 2 aromatic heterocycles. The molecule has 2 unspecified atom stereocenters. The van der Waals surface area contributed by atoms with E-state index in [1.165, 1.54) is 17.8 Å². The number of halogens is 1. The molecule has 0 radical (unpaired) electrons. The summed E-state index contributed by atoms with van der Waals surface area (Å²) in [6.45, 7) is 1.69. The second kappa shape index (κ2) is 10.4. The molecule has 1 aliphatic rings. The molecule has 3 heterocycles. The van der Waals surface area contributed by atoms with Crippen LogP contribution in [0.15, 0.2) is 36.7 Å². The van der Waals surface area contributed by atoms with Gasteiger partial charge in [-0.1, -0.05) is 30.3 Å². The van der Waals surface area contributed by atoms with Crippen LogP contribution in [0, 0.1) is 0 Å². The summed E-state index contributed by atoms with van der Waals surface area (Å²) in [7, 11) is -9.59. The van der Waals surface area contributed by atoms with Gasteiger partial charge in [-0.2, -0.15) is 9.97 Å². The number of aromatic nitrogens is 4. The van der Waals surface area contributed by atoms with E-state index in [9.17, 15) is 24.2 Å². The molecule has 0 spiro atoms. The van der Waals surface area contributed by atoms with Crippen LogP contribution in [0.1, 0.15) is 18.7 Å². The Kier molecular flexibility index (Phi) is 7.84. The van der Waals surface area contributed by atoms with Crippen LogP contribution in [0.4, 0.5) is 5.82 Å². The standard InChI is InChI=1S/C19H24ClN5O9P2/c1-10(34-36(31,32)9-35(28,29)30)15-13(26)14(27)18(33-15)25-8-22-12-16(23-19(20)24-17(12)25)21-7-11-5-3-2-4-6-11/h2-6,8,10,13-15,18,26-27H,7,9H2,1H3,(H,31,32)(H,21,23,24)(H2,28,29,30)/t10?,13-,14+,15+,18+/m0/s1. The molecule has 0 aliphatic carbocycles. The highest BCUT2D eigenvalue weighted by molar-refractivity contribution is 7.70. The summed E-state index contributed by atoms with van der Waals surface area (Å²) < 4.78 is 35.2. The minimum absolute atomic E-state index is 0.111. The molecule has 1 aromatic carbocycles. The smallest absolute Gasteiger partial charge is 0.340 e. The van der Waals surface area contributed by atoms with Gasteiger partial charge in [-0.3, -0.25) is 13.7 Å². The number of nitrogens with one attached hydrogen (secondary N) is 1. The second-order valence-electron chi connectivity index (χ2n) is 8.23. The molecule has 0 bridgehead atoms. The Bertz CT molecular complexity index is 1320. The summed E-state index contributed by atoms with van der Waals surface area (Å²) in [5.74, 6) is -1.08. The monoisotopic (exact) mass is 563 g/mol. The number of rotatable bonds is 9. The Morgan fingerprint density at radius 2 is 1.86 bits per heavy atom. The largest absolute Gasteiger partial charge is 0.387 e. The summed E-state index contributed by atoms with van der Waals surface area (Å²) in [6, 6.07) is 9.51. The van der Waals surface area contributed by atoms with Crippen LogP contribution in [0.2, 0.25) is 5.28 Å². The normalized spacial score (nSPS) is 25.1. The average molecular weight is 564 g/mol. The van der Waals surface area contributed by atoms with Crippen molar-refractivity contribution >= 4 is 43.8 Å². The lowest BCUT2D eigenvalue weighted by atomic mass is 10.1. The zero-order chi connectivity index (χ0) is 26.3. The third kappa shape index (κ3) is 6.12. The van der Waals surface area contributed by atoms with E-state index in [0.717, 1.165) is 5.56 Å². The number of hydrogen-bond donors (Lipinski definition) is 6. The number of fused-ring (bicyclic) bond motifs is 1. The fraction of sp³-hybridized carbons (Fsp3) is 0.421. The highest BCUT2D eigenvalue weighted by Gasteiger charge is 2.48. The molecule has 1 aliphatic heterocycles. The van der Waals surface area contributed by atoms with Crippen molar-refractivity contribution in [2.24, 2.45) is 0 Å². The van der Waals surface area contributed by atoms with Crippen LogP contribution in [0.25, 0.3) is 11.2 Å². The molecule has 1 saturated heterocycles. The maximum atomic E-state index is 12.1. The number of hydrogen-bond acceptors (Lipinski definition) is 10. The van der Waals surface area contributed by atoms with Crippen LogP contribution in [-0.4, -0.2) is 74.7 Å². The minimum Gasteiger partial charge on any atom is -0.387 e. The first-order valence-corrected chi connectivity index (χ1v) is 14.5. The molecule has 6 atom stereocenters. The first-order valence-electron chi connectivity index (χ1n) is 10.6. The van der Waals surface area contributed by atoms with Crippen LogP contribution in [0.3, 0.4) is 0 Å². The van der Waals surface area contributed by atoms with E-state index < -0.39 is 51.7 Å². The second-order valence-corrected chi connectivity index (χ2v) is 12.5. The first-order chi connectivity index (χ1) is 16.8. The maximum Gasteiger partial charge on any atom is 0.340 e. The SMILES string of the molecule is CC(OP(=O)(O)CP(=O)(O)O)[C@H]1O[C@@H](n2cnc3c(NCc4ccccc4)nc(Cl)nc32)[C@H](O)[C@@H]1O. The number of nitrogens with zero attached hydrogens (tertiary/aromatic N) is 4. The van der Waals surface area contributed by atoms with Crippen molar-refractivity contribution in [1.29, 1.82) is 0 Å². The first kappa shape index (κ1) is 27.1. The van der Waals surface area contributed by atoms with Gasteiger partial charge in [0.05, 0.1) is 12.4 Å². The molecular formula is C19H24ClN5O9P2. The zero-order valence-corrected chi connectivity index (χ0v) is 21.2. The van der Waals surface area contributed by atoms with Gasteiger partial charge in [-0.25, -0.2) is 4.98 Å². The molecule has 17 heteroatoms. The van der Waals surface area contributed by atoms with Gasteiger partial charge in [0.25, 0.3) is 0 Å². The maximum absolute atomic E-state index is 12.1. The van der Waals surface area contributed by atoms with Gasteiger partial charge in [-0.15, -0.1) is 0 Å². The summed E-state index contributed by atoms with van der Waals surface area (Å²) in [4.78, 5) is 40.4. The van der Waals surface area contributed by atoms with Crippen molar-refractivity contribution < 1.29 is 43.3 Å². The zero-order valence-electron chi connectivity index (χ0n) is 18.7. The van der Waals surface area contributed by atoms with Crippen LogP contribution < -0.4 is 5.32 Å². The van der Waals surface area contributed by atoms with Crippen molar-refractivity contribution in [3.8, 4) is 0 Å². The van der Waals surface area contributed by atoms with E-state index in [1.807, 2.05) is 30.3 Å². The molecule has 3 aromatic rings. The predicted octanol–water partition coefficient (Wildman–Crippen LogP) is 1.44. The Morgan fingerprint density at radius 3 is 2.53 bits per heavy atom. The highest BCUT2D eigenvalue weighted by Crippen LogP contribution is 2.56. The summed E-state index contributed by atoms with van der Waals surface area (Å²) in [6.07, 6.45) is -5.69. The van der Waals surface area contributed by atoms with Crippen LogP contribution in [-0.2, 0) is 24.9 Å². The molecule has 14 nitrogen and oxygen atoms in total. The molecular weight excluding hydrogens is 540 g/mol. The van der Waals surface area contributed by atoms with Crippen molar-refractivity contribution in [2.45, 2.75) is 44.1 Å². The lowest BCUT2D eigenvalue weighted by molar-refractivity contribution is -0.0723. The average Bonchev–Trinajstić information content (AvgIpc) is 3.31. The predicted molar refractivity (Wildman–Crippen MR) is 127 cm³/mol. The van der Waals surface area contributed by atoms with Crippen molar-refractivity contribution in [3.05, 3.63) is 47.5 Å². The number of anilines is 1. The lowest BCUT2D eigenvalue weighted by Crippen LogP contribution is -2.38. The van der Waals surface area contributed by atoms with Gasteiger partial charge >= 0.3 is 15.2 Å². The highest BCUT2D eigenvalue weighted by atomic mass is 35.5. The molecule has 0 amide bonds.